The van der Waals surface area contributed by atoms with Gasteiger partial charge in [0.1, 0.15) is 4.90 Å². The van der Waals surface area contributed by atoms with Crippen molar-refractivity contribution in [2.24, 2.45) is 5.14 Å². The van der Waals surface area contributed by atoms with E-state index in [1.807, 2.05) is 6.92 Å². The van der Waals surface area contributed by atoms with Crippen LogP contribution in [0.5, 0.6) is 5.75 Å². The summed E-state index contributed by atoms with van der Waals surface area (Å²) < 4.78 is 53.9. The molecule has 118 valence electrons. The number of amides is 1. The maximum Gasteiger partial charge on any atom is 0.257 e. The molecular weight excluding hydrogens is 306 g/mol. The van der Waals surface area contributed by atoms with Crippen molar-refractivity contribution >= 4 is 15.9 Å². The number of hydrogen-bond acceptors (Lipinski definition) is 4. The summed E-state index contributed by atoms with van der Waals surface area (Å²) in [5.41, 5.74) is 0. The second kappa shape index (κ2) is 7.32. The van der Waals surface area contributed by atoms with Gasteiger partial charge in [0, 0.05) is 6.54 Å². The molecular formula is C12H16F2N2O4S. The molecule has 0 unspecified atom stereocenters. The van der Waals surface area contributed by atoms with E-state index in [0.717, 1.165) is 25.0 Å². The molecule has 0 aromatic heterocycles. The summed E-state index contributed by atoms with van der Waals surface area (Å²) in [5, 5.41) is 7.25. The van der Waals surface area contributed by atoms with Gasteiger partial charge in [-0.2, -0.15) is 4.39 Å². The third-order valence-corrected chi connectivity index (χ3v) is 3.46. The number of carbonyl (C=O) groups excluding carboxylic acids is 1. The molecule has 0 bridgehead atoms. The molecule has 1 aromatic rings. The predicted octanol–water partition coefficient (Wildman–Crippen LogP) is 0.907. The Morgan fingerprint density at radius 1 is 1.33 bits per heavy atom. The van der Waals surface area contributed by atoms with Gasteiger partial charge >= 0.3 is 0 Å². The van der Waals surface area contributed by atoms with Crippen LogP contribution >= 0.6 is 0 Å². The van der Waals surface area contributed by atoms with E-state index >= 15 is 0 Å². The lowest BCUT2D eigenvalue weighted by molar-refractivity contribution is -0.123. The summed E-state index contributed by atoms with van der Waals surface area (Å²) >= 11 is 0. The van der Waals surface area contributed by atoms with Crippen LogP contribution in [0.3, 0.4) is 0 Å². The zero-order chi connectivity index (χ0) is 16.0. The number of hydrogen-bond donors (Lipinski definition) is 2. The summed E-state index contributed by atoms with van der Waals surface area (Å²) in [6, 6.07) is 1.68. The number of ether oxygens (including phenoxy) is 1. The molecule has 0 fully saturated rings. The maximum absolute atomic E-state index is 13.6. The second-order valence-electron chi connectivity index (χ2n) is 4.23. The minimum absolute atomic E-state index is 0.458. The number of nitrogens with one attached hydrogen (secondary N) is 1. The maximum atomic E-state index is 13.6. The number of sulfonamides is 1. The zero-order valence-electron chi connectivity index (χ0n) is 11.4. The van der Waals surface area contributed by atoms with Gasteiger partial charge in [0.05, 0.1) is 0 Å². The molecule has 3 N–H and O–H groups in total. The highest BCUT2D eigenvalue weighted by Gasteiger charge is 2.21. The Labute approximate surface area is 121 Å². The van der Waals surface area contributed by atoms with Gasteiger partial charge in [-0.1, -0.05) is 13.3 Å². The quantitative estimate of drug-likeness (QED) is 0.729. The molecule has 0 aliphatic carbocycles. The lowest BCUT2D eigenvalue weighted by Crippen LogP contribution is -2.29. The number of halogens is 2. The highest BCUT2D eigenvalue weighted by atomic mass is 32.2. The Bertz CT molecular complexity index is 620. The summed E-state index contributed by atoms with van der Waals surface area (Å²) in [4.78, 5) is 10.4. The number of unbranched alkanes of at least 4 members (excludes halogenated alkanes) is 1. The predicted molar refractivity (Wildman–Crippen MR) is 71.1 cm³/mol. The van der Waals surface area contributed by atoms with Crippen LogP contribution in [0.15, 0.2) is 17.0 Å². The van der Waals surface area contributed by atoms with E-state index in [0.29, 0.717) is 6.54 Å². The van der Waals surface area contributed by atoms with Crippen LogP contribution in [-0.2, 0) is 14.8 Å². The third kappa shape index (κ3) is 4.94. The van der Waals surface area contributed by atoms with E-state index in [1.54, 1.807) is 0 Å². The first kappa shape index (κ1) is 17.3. The molecule has 0 spiro atoms. The number of benzene rings is 1. The molecule has 0 aliphatic rings. The second-order valence-corrected chi connectivity index (χ2v) is 5.76. The fraction of sp³-hybridized carbons (Fsp3) is 0.417. The number of nitrogens with two attached hydrogens (primary N) is 1. The first-order valence-electron chi connectivity index (χ1n) is 6.17. The van der Waals surface area contributed by atoms with Gasteiger partial charge in [-0.25, -0.2) is 17.9 Å². The van der Waals surface area contributed by atoms with Crippen molar-refractivity contribution < 1.29 is 26.7 Å². The molecule has 1 rings (SSSR count). The smallest absolute Gasteiger partial charge is 0.257 e. The van der Waals surface area contributed by atoms with Gasteiger partial charge in [0.15, 0.2) is 18.2 Å². The molecule has 0 radical (unpaired) electrons. The van der Waals surface area contributed by atoms with Gasteiger partial charge < -0.3 is 10.1 Å². The lowest BCUT2D eigenvalue weighted by Gasteiger charge is -2.09. The molecule has 21 heavy (non-hydrogen) atoms. The summed E-state index contributed by atoms with van der Waals surface area (Å²) in [5.74, 6) is -4.20. The van der Waals surface area contributed by atoms with Crippen LogP contribution in [0.1, 0.15) is 19.8 Å². The number of primary sulfonamides is 1. The topological polar surface area (TPSA) is 98.5 Å². The standard InChI is InChI=1S/C12H16F2N2O4S/c1-2-3-6-16-10(17)7-20-8-4-5-9(21(15,18)19)12(14)11(8)13/h4-5H,2-3,6-7H2,1H3,(H,16,17)(H2,15,18,19). The Hall–Kier alpha value is -1.74. The molecule has 9 heteroatoms. The minimum atomic E-state index is -4.37. The third-order valence-electron chi connectivity index (χ3n) is 2.53. The van der Waals surface area contributed by atoms with E-state index in [2.05, 4.69) is 5.32 Å². The van der Waals surface area contributed by atoms with Crippen molar-refractivity contribution in [1.82, 2.24) is 5.32 Å². The highest BCUT2D eigenvalue weighted by molar-refractivity contribution is 7.89. The summed E-state index contributed by atoms with van der Waals surface area (Å²) in [6.45, 7) is 1.91. The van der Waals surface area contributed by atoms with Crippen molar-refractivity contribution in [3.63, 3.8) is 0 Å². The molecule has 1 aromatic carbocycles. The van der Waals surface area contributed by atoms with E-state index in [4.69, 9.17) is 9.88 Å². The first-order valence-corrected chi connectivity index (χ1v) is 7.72. The molecule has 1 amide bonds. The van der Waals surface area contributed by atoms with Crippen molar-refractivity contribution in [3.05, 3.63) is 23.8 Å². The fourth-order valence-corrected chi connectivity index (χ4v) is 2.04. The van der Waals surface area contributed by atoms with E-state index in [9.17, 15) is 22.0 Å². The van der Waals surface area contributed by atoms with Crippen molar-refractivity contribution in [1.29, 1.82) is 0 Å². The van der Waals surface area contributed by atoms with E-state index < -0.39 is 44.8 Å². The largest absolute Gasteiger partial charge is 0.481 e. The fourth-order valence-electron chi connectivity index (χ4n) is 1.44. The Morgan fingerprint density at radius 2 is 2.00 bits per heavy atom. The summed E-state index contributed by atoms with van der Waals surface area (Å²) in [7, 11) is -4.37. The number of rotatable bonds is 7. The molecule has 0 saturated carbocycles. The van der Waals surface area contributed by atoms with Gasteiger partial charge in [-0.15, -0.1) is 0 Å². The van der Waals surface area contributed by atoms with Gasteiger partial charge in [0.25, 0.3) is 5.91 Å². The average molecular weight is 322 g/mol. The van der Waals surface area contributed by atoms with Gasteiger partial charge in [-0.3, -0.25) is 4.79 Å². The van der Waals surface area contributed by atoms with E-state index in [1.165, 1.54) is 0 Å². The van der Waals surface area contributed by atoms with Crippen LogP contribution < -0.4 is 15.2 Å². The lowest BCUT2D eigenvalue weighted by atomic mass is 10.3. The van der Waals surface area contributed by atoms with Crippen molar-refractivity contribution in [2.75, 3.05) is 13.2 Å². The molecule has 0 aliphatic heterocycles. The Balaban J connectivity index is 2.74. The summed E-state index contributed by atoms with van der Waals surface area (Å²) in [6.07, 6.45) is 1.69. The first-order chi connectivity index (χ1) is 9.77. The average Bonchev–Trinajstić information content (AvgIpc) is 2.39. The van der Waals surface area contributed by atoms with Crippen LogP contribution in [-0.4, -0.2) is 27.5 Å². The van der Waals surface area contributed by atoms with Crippen LogP contribution in [0.25, 0.3) is 0 Å². The SMILES string of the molecule is CCCCNC(=O)COc1ccc(S(N)(=O)=O)c(F)c1F. The highest BCUT2D eigenvalue weighted by Crippen LogP contribution is 2.24. The van der Waals surface area contributed by atoms with Crippen LogP contribution in [0, 0.1) is 11.6 Å². The van der Waals surface area contributed by atoms with E-state index in [-0.39, 0.29) is 0 Å². The monoisotopic (exact) mass is 322 g/mol. The van der Waals surface area contributed by atoms with Crippen LogP contribution in [0.2, 0.25) is 0 Å². The van der Waals surface area contributed by atoms with Gasteiger partial charge in [0.2, 0.25) is 15.8 Å². The molecule has 0 heterocycles. The normalized spacial score (nSPS) is 11.2. The van der Waals surface area contributed by atoms with Gasteiger partial charge in [-0.05, 0) is 18.6 Å². The molecule has 0 atom stereocenters. The van der Waals surface area contributed by atoms with Crippen molar-refractivity contribution in [3.8, 4) is 5.75 Å². The Morgan fingerprint density at radius 3 is 2.57 bits per heavy atom. The molecule has 6 nitrogen and oxygen atoms in total. The van der Waals surface area contributed by atoms with Crippen molar-refractivity contribution in [2.45, 2.75) is 24.7 Å². The zero-order valence-corrected chi connectivity index (χ0v) is 12.2. The number of carbonyl (C=O) groups is 1. The molecule has 0 saturated heterocycles. The Kier molecular flexibility index (Phi) is 6.03. The van der Waals surface area contributed by atoms with Crippen LogP contribution in [0.4, 0.5) is 8.78 Å². The minimum Gasteiger partial charge on any atom is -0.481 e.